The summed E-state index contributed by atoms with van der Waals surface area (Å²) in [7, 11) is 0. The summed E-state index contributed by atoms with van der Waals surface area (Å²) in [5.74, 6) is 0. The molecule has 0 aliphatic rings. The highest BCUT2D eigenvalue weighted by Gasteiger charge is 2.22. The first-order chi connectivity index (χ1) is 7.97. The van der Waals surface area contributed by atoms with Gasteiger partial charge in [0, 0.05) is 31.7 Å². The van der Waals surface area contributed by atoms with Gasteiger partial charge in [-0.2, -0.15) is 0 Å². The quantitative estimate of drug-likeness (QED) is 0.876. The summed E-state index contributed by atoms with van der Waals surface area (Å²) in [5.41, 5.74) is 7.11. The molecule has 17 heavy (non-hydrogen) atoms. The van der Waals surface area contributed by atoms with Crippen molar-refractivity contribution in [2.24, 2.45) is 5.73 Å². The van der Waals surface area contributed by atoms with Crippen LogP contribution in [-0.4, -0.2) is 0 Å². The molecule has 0 bridgehead atoms. The SMILES string of the molecule is CC(N)(Cc1cc(Br)cs1)c1ccc(Cl)cc1. The van der Waals surface area contributed by atoms with E-state index in [1.54, 1.807) is 11.3 Å². The molecule has 0 aliphatic heterocycles. The van der Waals surface area contributed by atoms with Gasteiger partial charge in [-0.3, -0.25) is 0 Å². The lowest BCUT2D eigenvalue weighted by Gasteiger charge is -2.24. The molecule has 2 N–H and O–H groups in total. The van der Waals surface area contributed by atoms with E-state index in [0.29, 0.717) is 0 Å². The van der Waals surface area contributed by atoms with Crippen LogP contribution in [-0.2, 0) is 12.0 Å². The predicted octanol–water partition coefficient (Wildman–Crippen LogP) is 4.58. The molecule has 1 unspecified atom stereocenters. The van der Waals surface area contributed by atoms with Crippen LogP contribution >= 0.6 is 38.9 Å². The zero-order valence-corrected chi connectivity index (χ0v) is 12.6. The Balaban J connectivity index is 2.21. The largest absolute Gasteiger partial charge is 0.321 e. The van der Waals surface area contributed by atoms with Crippen LogP contribution in [0, 0.1) is 0 Å². The van der Waals surface area contributed by atoms with Crippen molar-refractivity contribution in [2.45, 2.75) is 18.9 Å². The minimum atomic E-state index is -0.366. The second-order valence-corrected chi connectivity index (χ2v) is 6.68. The summed E-state index contributed by atoms with van der Waals surface area (Å²) >= 11 is 11.1. The fourth-order valence-corrected chi connectivity index (χ4v) is 3.49. The van der Waals surface area contributed by atoms with Crippen LogP contribution in [0.4, 0.5) is 0 Å². The van der Waals surface area contributed by atoms with Gasteiger partial charge in [-0.15, -0.1) is 11.3 Å². The van der Waals surface area contributed by atoms with E-state index in [-0.39, 0.29) is 5.54 Å². The van der Waals surface area contributed by atoms with Crippen molar-refractivity contribution in [2.75, 3.05) is 0 Å². The molecule has 1 nitrogen and oxygen atoms in total. The summed E-state index contributed by atoms with van der Waals surface area (Å²) in [4.78, 5) is 1.27. The summed E-state index contributed by atoms with van der Waals surface area (Å²) in [6, 6.07) is 9.86. The minimum Gasteiger partial charge on any atom is -0.321 e. The normalized spacial score (nSPS) is 14.6. The smallest absolute Gasteiger partial charge is 0.0429 e. The van der Waals surface area contributed by atoms with Gasteiger partial charge < -0.3 is 5.73 Å². The van der Waals surface area contributed by atoms with Gasteiger partial charge in [0.2, 0.25) is 0 Å². The number of thiophene rings is 1. The lowest BCUT2D eigenvalue weighted by atomic mass is 9.89. The monoisotopic (exact) mass is 329 g/mol. The third-order valence-electron chi connectivity index (χ3n) is 2.67. The Kier molecular flexibility index (Phi) is 3.93. The molecule has 4 heteroatoms. The van der Waals surface area contributed by atoms with E-state index in [1.165, 1.54) is 4.88 Å². The molecule has 1 aromatic heterocycles. The number of rotatable bonds is 3. The van der Waals surface area contributed by atoms with Crippen molar-refractivity contribution < 1.29 is 0 Å². The van der Waals surface area contributed by atoms with Gasteiger partial charge in [0.1, 0.15) is 0 Å². The van der Waals surface area contributed by atoms with E-state index in [4.69, 9.17) is 17.3 Å². The summed E-state index contributed by atoms with van der Waals surface area (Å²) in [6.45, 7) is 2.05. The van der Waals surface area contributed by atoms with Crippen LogP contribution in [0.5, 0.6) is 0 Å². The number of hydrogen-bond donors (Lipinski definition) is 1. The standard InChI is InChI=1S/C13H13BrClNS/c1-13(16,7-12-6-10(14)8-17-12)9-2-4-11(15)5-3-9/h2-6,8H,7,16H2,1H3. The van der Waals surface area contributed by atoms with Gasteiger partial charge in [0.25, 0.3) is 0 Å². The average molecular weight is 331 g/mol. The van der Waals surface area contributed by atoms with Crippen molar-refractivity contribution in [3.8, 4) is 0 Å². The number of hydrogen-bond acceptors (Lipinski definition) is 2. The average Bonchev–Trinajstić information content (AvgIpc) is 2.63. The summed E-state index contributed by atoms with van der Waals surface area (Å²) in [6.07, 6.45) is 0.824. The van der Waals surface area contributed by atoms with E-state index in [1.807, 2.05) is 31.2 Å². The molecule has 0 amide bonds. The highest BCUT2D eigenvalue weighted by atomic mass is 79.9. The van der Waals surface area contributed by atoms with Crippen LogP contribution < -0.4 is 5.73 Å². The Hall–Kier alpha value is -0.350. The third-order valence-corrected chi connectivity index (χ3v) is 4.62. The van der Waals surface area contributed by atoms with E-state index < -0.39 is 0 Å². The Labute approximate surface area is 119 Å². The van der Waals surface area contributed by atoms with Crippen LogP contribution in [0.2, 0.25) is 5.02 Å². The fourth-order valence-electron chi connectivity index (χ4n) is 1.74. The molecule has 90 valence electrons. The van der Waals surface area contributed by atoms with E-state index in [9.17, 15) is 0 Å². The fraction of sp³-hybridized carbons (Fsp3) is 0.231. The van der Waals surface area contributed by atoms with Crippen LogP contribution in [0.3, 0.4) is 0 Å². The highest BCUT2D eigenvalue weighted by molar-refractivity contribution is 9.10. The molecular weight excluding hydrogens is 318 g/mol. The topological polar surface area (TPSA) is 26.0 Å². The van der Waals surface area contributed by atoms with Crippen LogP contribution in [0.25, 0.3) is 0 Å². The van der Waals surface area contributed by atoms with E-state index in [2.05, 4.69) is 27.4 Å². The maximum absolute atomic E-state index is 6.38. The number of nitrogens with two attached hydrogens (primary N) is 1. The van der Waals surface area contributed by atoms with Crippen molar-refractivity contribution >= 4 is 38.9 Å². The van der Waals surface area contributed by atoms with E-state index >= 15 is 0 Å². The molecule has 1 aromatic carbocycles. The zero-order chi connectivity index (χ0) is 12.5. The van der Waals surface area contributed by atoms with Crippen molar-refractivity contribution in [3.63, 3.8) is 0 Å². The molecule has 2 aromatic rings. The Morgan fingerprint density at radius 2 is 2.00 bits per heavy atom. The van der Waals surface area contributed by atoms with Gasteiger partial charge in [-0.25, -0.2) is 0 Å². The first kappa shape index (κ1) is 13.1. The highest BCUT2D eigenvalue weighted by Crippen LogP contribution is 2.28. The van der Waals surface area contributed by atoms with Crippen LogP contribution in [0.15, 0.2) is 40.2 Å². The number of benzene rings is 1. The maximum atomic E-state index is 6.38. The molecular formula is C13H13BrClNS. The first-order valence-electron chi connectivity index (χ1n) is 5.25. The summed E-state index contributed by atoms with van der Waals surface area (Å²) < 4.78 is 1.12. The minimum absolute atomic E-state index is 0.366. The van der Waals surface area contributed by atoms with Gasteiger partial charge in [0.05, 0.1) is 0 Å². The second kappa shape index (κ2) is 5.11. The van der Waals surface area contributed by atoms with Crippen molar-refractivity contribution in [3.05, 3.63) is 55.6 Å². The lowest BCUT2D eigenvalue weighted by molar-refractivity contribution is 0.495. The second-order valence-electron chi connectivity index (χ2n) is 4.33. The molecule has 2 rings (SSSR count). The van der Waals surface area contributed by atoms with Gasteiger partial charge in [-0.05, 0) is 46.6 Å². The summed E-state index contributed by atoms with van der Waals surface area (Å²) in [5, 5.41) is 2.82. The molecule has 0 fully saturated rings. The Bertz CT molecular complexity index is 504. The molecule has 1 atom stereocenters. The Morgan fingerprint density at radius 1 is 1.35 bits per heavy atom. The van der Waals surface area contributed by atoms with E-state index in [0.717, 1.165) is 21.5 Å². The first-order valence-corrected chi connectivity index (χ1v) is 7.30. The Morgan fingerprint density at radius 3 is 2.53 bits per heavy atom. The van der Waals surface area contributed by atoms with Crippen molar-refractivity contribution in [1.82, 2.24) is 0 Å². The number of halogens is 2. The lowest BCUT2D eigenvalue weighted by Crippen LogP contribution is -2.35. The zero-order valence-electron chi connectivity index (χ0n) is 9.41. The molecule has 0 spiro atoms. The third kappa shape index (κ3) is 3.32. The van der Waals surface area contributed by atoms with Gasteiger partial charge in [-0.1, -0.05) is 23.7 Å². The van der Waals surface area contributed by atoms with Crippen molar-refractivity contribution in [1.29, 1.82) is 0 Å². The predicted molar refractivity (Wildman–Crippen MR) is 78.7 cm³/mol. The van der Waals surface area contributed by atoms with Gasteiger partial charge >= 0.3 is 0 Å². The van der Waals surface area contributed by atoms with Crippen LogP contribution in [0.1, 0.15) is 17.4 Å². The van der Waals surface area contributed by atoms with Gasteiger partial charge in [0.15, 0.2) is 0 Å². The molecule has 0 aliphatic carbocycles. The molecule has 0 saturated heterocycles. The molecule has 0 radical (unpaired) electrons. The molecule has 0 saturated carbocycles. The molecule has 1 heterocycles. The maximum Gasteiger partial charge on any atom is 0.0429 e.